The third-order valence-electron chi connectivity index (χ3n) is 5.33. The zero-order valence-corrected chi connectivity index (χ0v) is 16.2. The number of nitrogens with one attached hydrogen (secondary N) is 1. The van der Waals surface area contributed by atoms with Crippen molar-refractivity contribution in [3.63, 3.8) is 0 Å². The second-order valence-electron chi connectivity index (χ2n) is 7.23. The molecule has 0 radical (unpaired) electrons. The number of amides is 3. The quantitative estimate of drug-likeness (QED) is 0.780. The highest BCUT2D eigenvalue weighted by molar-refractivity contribution is 5.80. The van der Waals surface area contributed by atoms with Gasteiger partial charge in [0.25, 0.3) is 0 Å². The van der Waals surface area contributed by atoms with E-state index in [2.05, 4.69) is 12.2 Å². The molecule has 2 fully saturated rings. The summed E-state index contributed by atoms with van der Waals surface area (Å²) < 4.78 is 5.01. The molecule has 2 aliphatic rings. The van der Waals surface area contributed by atoms with Crippen LogP contribution in [0.25, 0.3) is 0 Å². The molecule has 7 heteroatoms. The lowest BCUT2D eigenvalue weighted by Crippen LogP contribution is -2.49. The van der Waals surface area contributed by atoms with Crippen molar-refractivity contribution in [3.8, 4) is 0 Å². The summed E-state index contributed by atoms with van der Waals surface area (Å²) in [5.41, 5.74) is 0. The Morgan fingerprint density at radius 2 is 1.58 bits per heavy atom. The van der Waals surface area contributed by atoms with E-state index in [0.29, 0.717) is 39.2 Å². The summed E-state index contributed by atoms with van der Waals surface area (Å²) in [7, 11) is 0. The molecule has 2 aliphatic heterocycles. The molecule has 2 rings (SSSR count). The molecule has 2 heterocycles. The van der Waals surface area contributed by atoms with Gasteiger partial charge in [0.1, 0.15) is 0 Å². The molecule has 2 saturated heterocycles. The number of ether oxygens (including phenoxy) is 1. The number of rotatable bonds is 6. The van der Waals surface area contributed by atoms with Gasteiger partial charge in [-0.05, 0) is 39.0 Å². The Bertz CT molecular complexity index is 481. The van der Waals surface area contributed by atoms with Gasteiger partial charge in [0.15, 0.2) is 0 Å². The van der Waals surface area contributed by atoms with Crippen LogP contribution in [0.2, 0.25) is 0 Å². The highest BCUT2D eigenvalue weighted by atomic mass is 16.6. The highest BCUT2D eigenvalue weighted by Gasteiger charge is 2.30. The maximum atomic E-state index is 12.5. The largest absolute Gasteiger partial charge is 0.450 e. The van der Waals surface area contributed by atoms with E-state index in [4.69, 9.17) is 4.74 Å². The molecule has 0 unspecified atom stereocenters. The van der Waals surface area contributed by atoms with Crippen LogP contribution in [0.5, 0.6) is 0 Å². The van der Waals surface area contributed by atoms with E-state index in [-0.39, 0.29) is 29.9 Å². The van der Waals surface area contributed by atoms with E-state index >= 15 is 0 Å². The van der Waals surface area contributed by atoms with Gasteiger partial charge in [-0.25, -0.2) is 4.79 Å². The summed E-state index contributed by atoms with van der Waals surface area (Å²) in [6.07, 6.45) is 5.32. The van der Waals surface area contributed by atoms with Crippen molar-refractivity contribution in [3.05, 3.63) is 0 Å². The third kappa shape index (κ3) is 5.88. The van der Waals surface area contributed by atoms with Crippen LogP contribution in [0.1, 0.15) is 58.8 Å². The van der Waals surface area contributed by atoms with Crippen molar-refractivity contribution in [2.45, 2.75) is 64.8 Å². The SMILES string of the molecule is CCCCC(=O)N1CCC(C(=O)NC2CCN(C(=O)OCC)CC2)CC1. The van der Waals surface area contributed by atoms with Crippen LogP contribution < -0.4 is 5.32 Å². The Kier molecular flexibility index (Phi) is 8.19. The van der Waals surface area contributed by atoms with Gasteiger partial charge in [0, 0.05) is 44.6 Å². The smallest absolute Gasteiger partial charge is 0.409 e. The number of hydrogen-bond acceptors (Lipinski definition) is 4. The molecule has 0 aromatic heterocycles. The molecule has 0 atom stereocenters. The molecule has 0 spiro atoms. The molecule has 148 valence electrons. The summed E-state index contributed by atoms with van der Waals surface area (Å²) in [5.74, 6) is 0.311. The Balaban J connectivity index is 1.68. The van der Waals surface area contributed by atoms with Crippen molar-refractivity contribution < 1.29 is 19.1 Å². The zero-order chi connectivity index (χ0) is 18.9. The topological polar surface area (TPSA) is 79.0 Å². The number of piperidine rings is 2. The molecule has 0 aromatic carbocycles. The minimum absolute atomic E-state index is 0.00619. The first kappa shape index (κ1) is 20.5. The maximum absolute atomic E-state index is 12.5. The van der Waals surface area contributed by atoms with Crippen LogP contribution >= 0.6 is 0 Å². The fraction of sp³-hybridized carbons (Fsp3) is 0.842. The van der Waals surface area contributed by atoms with Gasteiger partial charge in [-0.15, -0.1) is 0 Å². The lowest BCUT2D eigenvalue weighted by Gasteiger charge is -2.34. The maximum Gasteiger partial charge on any atom is 0.409 e. The van der Waals surface area contributed by atoms with Crippen molar-refractivity contribution in [1.82, 2.24) is 15.1 Å². The average molecular weight is 367 g/mol. The lowest BCUT2D eigenvalue weighted by molar-refractivity contribution is -0.136. The molecule has 26 heavy (non-hydrogen) atoms. The Morgan fingerprint density at radius 1 is 0.962 bits per heavy atom. The Hall–Kier alpha value is -1.79. The average Bonchev–Trinajstić information content (AvgIpc) is 2.67. The van der Waals surface area contributed by atoms with Crippen LogP contribution in [0.15, 0.2) is 0 Å². The van der Waals surface area contributed by atoms with Crippen LogP contribution in [0, 0.1) is 5.92 Å². The van der Waals surface area contributed by atoms with E-state index < -0.39 is 0 Å². The van der Waals surface area contributed by atoms with Gasteiger partial charge in [-0.1, -0.05) is 13.3 Å². The van der Waals surface area contributed by atoms with Crippen molar-refractivity contribution in [1.29, 1.82) is 0 Å². The van der Waals surface area contributed by atoms with Crippen molar-refractivity contribution >= 4 is 17.9 Å². The van der Waals surface area contributed by atoms with Gasteiger partial charge in [-0.3, -0.25) is 9.59 Å². The Morgan fingerprint density at radius 3 is 2.15 bits per heavy atom. The molecule has 3 amide bonds. The van der Waals surface area contributed by atoms with E-state index in [1.807, 2.05) is 4.90 Å². The minimum atomic E-state index is -0.266. The fourth-order valence-electron chi connectivity index (χ4n) is 3.62. The van der Waals surface area contributed by atoms with Crippen molar-refractivity contribution in [2.75, 3.05) is 32.8 Å². The van der Waals surface area contributed by atoms with E-state index in [9.17, 15) is 14.4 Å². The first-order valence-electron chi connectivity index (χ1n) is 10.0. The number of carbonyl (C=O) groups is 3. The first-order chi connectivity index (χ1) is 12.5. The highest BCUT2D eigenvalue weighted by Crippen LogP contribution is 2.20. The van der Waals surface area contributed by atoms with Crippen LogP contribution in [0.3, 0.4) is 0 Å². The van der Waals surface area contributed by atoms with Gasteiger partial charge in [0.05, 0.1) is 6.61 Å². The second-order valence-corrected chi connectivity index (χ2v) is 7.23. The molecular weight excluding hydrogens is 334 g/mol. The summed E-state index contributed by atoms with van der Waals surface area (Å²) >= 11 is 0. The summed E-state index contributed by atoms with van der Waals surface area (Å²) in [5, 5.41) is 3.14. The summed E-state index contributed by atoms with van der Waals surface area (Å²) in [6, 6.07) is 0.123. The molecular formula is C19H33N3O4. The second kappa shape index (κ2) is 10.4. The lowest BCUT2D eigenvalue weighted by atomic mass is 9.94. The minimum Gasteiger partial charge on any atom is -0.450 e. The third-order valence-corrected chi connectivity index (χ3v) is 5.33. The number of hydrogen-bond donors (Lipinski definition) is 1. The molecule has 7 nitrogen and oxygen atoms in total. The normalized spacial score (nSPS) is 19.3. The van der Waals surface area contributed by atoms with Gasteiger partial charge in [0.2, 0.25) is 11.8 Å². The van der Waals surface area contributed by atoms with Crippen LogP contribution in [0.4, 0.5) is 4.79 Å². The first-order valence-corrected chi connectivity index (χ1v) is 10.0. The number of likely N-dealkylation sites (tertiary alicyclic amines) is 2. The monoisotopic (exact) mass is 367 g/mol. The summed E-state index contributed by atoms with van der Waals surface area (Å²) in [6.45, 7) is 6.87. The number of carbonyl (C=O) groups excluding carboxylic acids is 3. The van der Waals surface area contributed by atoms with E-state index in [1.54, 1.807) is 11.8 Å². The van der Waals surface area contributed by atoms with Crippen LogP contribution in [-0.4, -0.2) is 66.5 Å². The van der Waals surface area contributed by atoms with Crippen LogP contribution in [-0.2, 0) is 14.3 Å². The van der Waals surface area contributed by atoms with Crippen molar-refractivity contribution in [2.24, 2.45) is 5.92 Å². The summed E-state index contributed by atoms with van der Waals surface area (Å²) in [4.78, 5) is 39.9. The zero-order valence-electron chi connectivity index (χ0n) is 16.2. The van der Waals surface area contributed by atoms with E-state index in [0.717, 1.165) is 38.5 Å². The van der Waals surface area contributed by atoms with Gasteiger partial charge >= 0.3 is 6.09 Å². The number of nitrogens with zero attached hydrogens (tertiary/aromatic N) is 2. The predicted octanol–water partition coefficient (Wildman–Crippen LogP) is 2.15. The number of unbranched alkanes of at least 4 members (excludes halogenated alkanes) is 1. The molecule has 0 bridgehead atoms. The fourth-order valence-corrected chi connectivity index (χ4v) is 3.62. The van der Waals surface area contributed by atoms with E-state index in [1.165, 1.54) is 0 Å². The molecule has 0 saturated carbocycles. The molecule has 0 aromatic rings. The predicted molar refractivity (Wildman–Crippen MR) is 98.6 cm³/mol. The molecule has 1 N–H and O–H groups in total. The molecule has 0 aliphatic carbocycles. The van der Waals surface area contributed by atoms with Gasteiger partial charge < -0.3 is 19.9 Å². The standard InChI is InChI=1S/C19H33N3O4/c1-3-5-6-17(23)21-11-7-15(8-12-21)18(24)20-16-9-13-22(14-10-16)19(25)26-4-2/h15-16H,3-14H2,1-2H3,(H,20,24). The van der Waals surface area contributed by atoms with Gasteiger partial charge in [-0.2, -0.15) is 0 Å². The Labute approximate surface area is 156 Å².